The van der Waals surface area contributed by atoms with E-state index >= 15 is 0 Å². The number of amides is 2. The number of rotatable bonds is 7. The summed E-state index contributed by atoms with van der Waals surface area (Å²) in [7, 11) is 1.43. The predicted octanol–water partition coefficient (Wildman–Crippen LogP) is 4.76. The Bertz CT molecular complexity index is 1440. The van der Waals surface area contributed by atoms with Crippen molar-refractivity contribution in [3.63, 3.8) is 0 Å². The largest absolute Gasteiger partial charge is 0.477 e. The zero-order valence-corrected chi connectivity index (χ0v) is 22.2. The Morgan fingerprint density at radius 3 is 2.42 bits per heavy atom. The Hall–Kier alpha value is -3.98. The first kappa shape index (κ1) is 27.1. The molecule has 0 radical (unpaired) electrons. The molecular weight excluding hydrogens is 511 g/mol. The quantitative estimate of drug-likeness (QED) is 0.400. The highest BCUT2D eigenvalue weighted by molar-refractivity contribution is 6.31. The second kappa shape index (κ2) is 10.4. The number of hydrogen-bond acceptors (Lipinski definition) is 5. The molecule has 0 bridgehead atoms. The molecule has 10 heteroatoms. The number of aromatic nitrogens is 1. The third-order valence-corrected chi connectivity index (χ3v) is 7.14. The van der Waals surface area contributed by atoms with Crippen LogP contribution in [0.25, 0.3) is 0 Å². The molecule has 1 fully saturated rings. The van der Waals surface area contributed by atoms with Gasteiger partial charge < -0.3 is 20.6 Å². The van der Waals surface area contributed by atoms with E-state index in [0.717, 1.165) is 17.2 Å². The van der Waals surface area contributed by atoms with Gasteiger partial charge in [0.05, 0.1) is 27.7 Å². The molecule has 1 aromatic heterocycles. The number of pyridine rings is 1. The maximum absolute atomic E-state index is 14.4. The van der Waals surface area contributed by atoms with Crippen molar-refractivity contribution in [3.8, 4) is 0 Å². The lowest BCUT2D eigenvalue weighted by Crippen LogP contribution is -2.65. The number of halogens is 2. The zero-order chi connectivity index (χ0) is 27.8. The summed E-state index contributed by atoms with van der Waals surface area (Å²) >= 11 is 5.92. The smallest absolute Gasteiger partial charge is 0.354 e. The van der Waals surface area contributed by atoms with Crippen LogP contribution < -0.4 is 15.5 Å². The summed E-state index contributed by atoms with van der Waals surface area (Å²) in [5.74, 6) is -2.68. The van der Waals surface area contributed by atoms with E-state index < -0.39 is 29.0 Å². The highest BCUT2D eigenvalue weighted by atomic mass is 35.5. The monoisotopic (exact) mass is 538 g/mol. The van der Waals surface area contributed by atoms with Gasteiger partial charge in [-0.15, -0.1) is 0 Å². The van der Waals surface area contributed by atoms with Crippen molar-refractivity contribution in [2.45, 2.75) is 32.1 Å². The molecule has 2 heterocycles. The molecule has 0 spiro atoms. The van der Waals surface area contributed by atoms with Gasteiger partial charge in [-0.3, -0.25) is 9.59 Å². The van der Waals surface area contributed by atoms with Crippen LogP contribution >= 0.6 is 11.6 Å². The van der Waals surface area contributed by atoms with Crippen LogP contribution in [0.3, 0.4) is 0 Å². The number of nitrogens with zero attached hydrogens (tertiary/aromatic N) is 2. The van der Waals surface area contributed by atoms with E-state index in [1.807, 2.05) is 43.0 Å². The first-order valence-electron chi connectivity index (χ1n) is 12.1. The summed E-state index contributed by atoms with van der Waals surface area (Å²) in [6, 6.07) is 13.0. The van der Waals surface area contributed by atoms with E-state index in [1.165, 1.54) is 19.2 Å². The fourth-order valence-corrected chi connectivity index (χ4v) is 5.03. The number of carbonyl (C=O) groups excluding carboxylic acids is 2. The minimum absolute atomic E-state index is 0.0137. The zero-order valence-electron chi connectivity index (χ0n) is 21.4. The molecule has 4 rings (SSSR count). The van der Waals surface area contributed by atoms with Gasteiger partial charge in [0.2, 0.25) is 5.91 Å². The van der Waals surface area contributed by atoms with E-state index in [9.17, 15) is 23.9 Å². The number of hydrogen-bond donors (Lipinski definition) is 3. The second-order valence-electron chi connectivity index (χ2n) is 9.63. The minimum Gasteiger partial charge on any atom is -0.477 e. The van der Waals surface area contributed by atoms with Crippen molar-refractivity contribution >= 4 is 40.8 Å². The summed E-state index contributed by atoms with van der Waals surface area (Å²) in [5, 5.41) is 14.3. The van der Waals surface area contributed by atoms with Gasteiger partial charge in [-0.25, -0.2) is 14.2 Å². The highest BCUT2D eigenvalue weighted by Crippen LogP contribution is 2.43. The Balaban J connectivity index is 1.76. The highest BCUT2D eigenvalue weighted by Gasteiger charge is 2.52. The number of anilines is 2. The standard InChI is InChI=1S/C28H28ClFN4O4/c1-15(2)17-7-5-6-8-19(17)28(13-34(14-28)24-10-9-22(26(36)37)32-16(24)3)27(38)33-23-12-21(30)20(29)11-18(23)25(35)31-4/h5-12,15H,13-14H2,1-4H3,(H,31,35)(H,33,38)(H,36,37). The van der Waals surface area contributed by atoms with Crippen molar-refractivity contribution in [3.05, 3.63) is 87.4 Å². The maximum Gasteiger partial charge on any atom is 0.354 e. The van der Waals surface area contributed by atoms with E-state index in [2.05, 4.69) is 15.6 Å². The van der Waals surface area contributed by atoms with Crippen LogP contribution in [0, 0.1) is 12.7 Å². The van der Waals surface area contributed by atoms with Crippen molar-refractivity contribution in [2.24, 2.45) is 0 Å². The average Bonchev–Trinajstić information content (AvgIpc) is 2.85. The molecule has 3 aromatic rings. The molecule has 1 saturated heterocycles. The van der Waals surface area contributed by atoms with Crippen LogP contribution in [0.5, 0.6) is 0 Å². The average molecular weight is 539 g/mol. The van der Waals surface area contributed by atoms with E-state index in [1.54, 1.807) is 13.0 Å². The van der Waals surface area contributed by atoms with Gasteiger partial charge in [0.1, 0.15) is 16.9 Å². The van der Waals surface area contributed by atoms with Gasteiger partial charge in [0, 0.05) is 20.1 Å². The number of nitrogens with one attached hydrogen (secondary N) is 2. The summed E-state index contributed by atoms with van der Waals surface area (Å²) < 4.78 is 14.4. The molecule has 0 saturated carbocycles. The Morgan fingerprint density at radius 1 is 1.13 bits per heavy atom. The summed E-state index contributed by atoms with van der Waals surface area (Å²) in [6.45, 7) is 6.33. The molecule has 198 valence electrons. The maximum atomic E-state index is 14.4. The van der Waals surface area contributed by atoms with Crippen LogP contribution in [-0.2, 0) is 10.2 Å². The normalized spacial score (nSPS) is 14.1. The first-order chi connectivity index (χ1) is 18.0. The van der Waals surface area contributed by atoms with Gasteiger partial charge in [0.25, 0.3) is 5.91 Å². The molecule has 2 amide bonds. The first-order valence-corrected chi connectivity index (χ1v) is 12.4. The molecule has 0 aliphatic carbocycles. The Kier molecular flexibility index (Phi) is 7.42. The summed E-state index contributed by atoms with van der Waals surface area (Å²) in [4.78, 5) is 44.0. The Morgan fingerprint density at radius 2 is 1.82 bits per heavy atom. The second-order valence-corrected chi connectivity index (χ2v) is 10.0. The molecule has 38 heavy (non-hydrogen) atoms. The molecule has 0 unspecified atom stereocenters. The molecule has 1 aliphatic heterocycles. The summed E-state index contributed by atoms with van der Waals surface area (Å²) in [6.07, 6.45) is 0. The van der Waals surface area contributed by atoms with Crippen LogP contribution in [0.4, 0.5) is 15.8 Å². The topological polar surface area (TPSA) is 112 Å². The number of carbonyl (C=O) groups is 3. The van der Waals surface area contributed by atoms with E-state index in [4.69, 9.17) is 11.6 Å². The van der Waals surface area contributed by atoms with E-state index in [-0.39, 0.29) is 41.0 Å². The lowest BCUT2D eigenvalue weighted by atomic mass is 9.69. The number of aryl methyl sites for hydroxylation is 1. The lowest BCUT2D eigenvalue weighted by Gasteiger charge is -2.51. The molecule has 0 atom stereocenters. The number of carboxylic acid groups (broad SMARTS) is 1. The fraction of sp³-hybridized carbons (Fsp3) is 0.286. The lowest BCUT2D eigenvalue weighted by molar-refractivity contribution is -0.122. The third-order valence-electron chi connectivity index (χ3n) is 6.85. The number of aromatic carboxylic acids is 1. The fourth-order valence-electron chi connectivity index (χ4n) is 4.87. The van der Waals surface area contributed by atoms with E-state index in [0.29, 0.717) is 11.4 Å². The SMILES string of the molecule is CNC(=O)c1cc(Cl)c(F)cc1NC(=O)C1(c2ccccc2C(C)C)CN(c2ccc(C(=O)O)nc2C)C1. The van der Waals surface area contributed by atoms with Crippen LogP contribution in [-0.4, -0.2) is 48.0 Å². The van der Waals surface area contributed by atoms with Crippen LogP contribution in [0.2, 0.25) is 5.02 Å². The third kappa shape index (κ3) is 4.81. The van der Waals surface area contributed by atoms with Crippen molar-refractivity contribution in [1.29, 1.82) is 0 Å². The minimum atomic E-state index is -1.12. The number of carboxylic acids is 1. The summed E-state index contributed by atoms with van der Waals surface area (Å²) in [5.41, 5.74) is 2.02. The molecule has 3 N–H and O–H groups in total. The van der Waals surface area contributed by atoms with Gasteiger partial charge in [-0.05, 0) is 48.2 Å². The number of benzene rings is 2. The van der Waals surface area contributed by atoms with Crippen LogP contribution in [0.1, 0.15) is 57.4 Å². The molecule has 1 aliphatic rings. The molecular formula is C28H28ClFN4O4. The van der Waals surface area contributed by atoms with Gasteiger partial charge in [-0.2, -0.15) is 0 Å². The van der Waals surface area contributed by atoms with Gasteiger partial charge >= 0.3 is 5.97 Å². The molecule has 2 aromatic carbocycles. The van der Waals surface area contributed by atoms with Crippen LogP contribution in [0.15, 0.2) is 48.5 Å². The predicted molar refractivity (Wildman–Crippen MR) is 144 cm³/mol. The van der Waals surface area contributed by atoms with Crippen molar-refractivity contribution in [1.82, 2.24) is 10.3 Å². The van der Waals surface area contributed by atoms with Gasteiger partial charge in [-0.1, -0.05) is 49.7 Å². The molecule has 8 nitrogen and oxygen atoms in total. The Labute approximate surface area is 224 Å². The van der Waals surface area contributed by atoms with Crippen molar-refractivity contribution < 1.29 is 23.9 Å². The van der Waals surface area contributed by atoms with Gasteiger partial charge in [0.15, 0.2) is 0 Å². The van der Waals surface area contributed by atoms with Crippen molar-refractivity contribution in [2.75, 3.05) is 30.4 Å².